The Kier molecular flexibility index (Phi) is 5.68. The van der Waals surface area contributed by atoms with Crippen LogP contribution in [0, 0.1) is 5.92 Å². The summed E-state index contributed by atoms with van der Waals surface area (Å²) in [6.07, 6.45) is 3.06. The minimum absolute atomic E-state index is 0.00494. The Labute approximate surface area is 97.3 Å². The van der Waals surface area contributed by atoms with Crippen LogP contribution in [-0.4, -0.2) is 40.1 Å². The molecular formula is C10H21NO4S. The molecule has 6 heteroatoms. The molecule has 2 atom stereocenters. The molecule has 0 saturated carbocycles. The summed E-state index contributed by atoms with van der Waals surface area (Å²) in [4.78, 5) is 0. The second-order valence-electron chi connectivity index (χ2n) is 4.28. The van der Waals surface area contributed by atoms with Gasteiger partial charge in [-0.3, -0.25) is 0 Å². The molecule has 2 N–H and O–H groups in total. The number of hydrogen-bond donors (Lipinski definition) is 1. The van der Waals surface area contributed by atoms with Gasteiger partial charge in [0.25, 0.3) is 0 Å². The Hall–Kier alpha value is -0.170. The van der Waals surface area contributed by atoms with Crippen molar-refractivity contribution < 1.29 is 17.9 Å². The van der Waals surface area contributed by atoms with Crippen molar-refractivity contribution in [2.24, 2.45) is 11.1 Å². The molecular weight excluding hydrogens is 230 g/mol. The average Bonchev–Trinajstić information content (AvgIpc) is 2.67. The van der Waals surface area contributed by atoms with Gasteiger partial charge in [0, 0.05) is 6.61 Å². The zero-order valence-corrected chi connectivity index (χ0v) is 10.5. The fraction of sp³-hybridized carbons (Fsp3) is 1.00. The highest BCUT2D eigenvalue weighted by Crippen LogP contribution is 2.13. The maximum absolute atomic E-state index is 10.9. The summed E-state index contributed by atoms with van der Waals surface area (Å²) in [6.45, 7) is 3.74. The van der Waals surface area contributed by atoms with Gasteiger partial charge in [-0.2, -0.15) is 0 Å². The van der Waals surface area contributed by atoms with E-state index in [1.54, 1.807) is 0 Å². The highest BCUT2D eigenvalue weighted by Gasteiger charge is 2.18. The standard InChI is InChI=1S/C10H21NO4S/c1-2-9(8-16(11,12)13)6-14-7-10-4-3-5-15-10/h9-10H,2-8H2,1H3,(H2,11,12,13). The van der Waals surface area contributed by atoms with Crippen LogP contribution in [0.25, 0.3) is 0 Å². The number of ether oxygens (including phenoxy) is 2. The summed E-state index contributed by atoms with van der Waals surface area (Å²) in [5.41, 5.74) is 0. The minimum Gasteiger partial charge on any atom is -0.378 e. The Morgan fingerprint density at radius 1 is 1.56 bits per heavy atom. The first kappa shape index (κ1) is 13.9. The Balaban J connectivity index is 2.18. The molecule has 0 aromatic rings. The van der Waals surface area contributed by atoms with E-state index in [4.69, 9.17) is 14.6 Å². The van der Waals surface area contributed by atoms with Crippen molar-refractivity contribution >= 4 is 10.0 Å². The van der Waals surface area contributed by atoms with Crippen molar-refractivity contribution in [2.45, 2.75) is 32.3 Å². The summed E-state index contributed by atoms with van der Waals surface area (Å²) < 4.78 is 32.7. The molecule has 0 radical (unpaired) electrons. The van der Waals surface area contributed by atoms with Crippen molar-refractivity contribution in [3.05, 3.63) is 0 Å². The predicted molar refractivity (Wildman–Crippen MR) is 61.5 cm³/mol. The predicted octanol–water partition coefficient (Wildman–Crippen LogP) is 0.497. The maximum atomic E-state index is 10.9. The number of nitrogens with two attached hydrogens (primary N) is 1. The van der Waals surface area contributed by atoms with Gasteiger partial charge in [-0.25, -0.2) is 13.6 Å². The van der Waals surface area contributed by atoms with Gasteiger partial charge in [0.05, 0.1) is 25.1 Å². The van der Waals surface area contributed by atoms with E-state index in [1.807, 2.05) is 6.92 Å². The van der Waals surface area contributed by atoms with Crippen LogP contribution in [-0.2, 0) is 19.5 Å². The molecule has 5 nitrogen and oxygen atoms in total. The summed E-state index contributed by atoms with van der Waals surface area (Å²) in [5.74, 6) is -0.0222. The lowest BCUT2D eigenvalue weighted by Crippen LogP contribution is -2.27. The lowest BCUT2D eigenvalue weighted by Gasteiger charge is -2.15. The van der Waals surface area contributed by atoms with Crippen LogP contribution >= 0.6 is 0 Å². The molecule has 2 unspecified atom stereocenters. The molecule has 1 rings (SSSR count). The van der Waals surface area contributed by atoms with Gasteiger partial charge in [-0.15, -0.1) is 0 Å². The van der Waals surface area contributed by atoms with Gasteiger partial charge in [-0.1, -0.05) is 13.3 Å². The summed E-state index contributed by atoms with van der Waals surface area (Å²) in [7, 11) is -3.40. The van der Waals surface area contributed by atoms with Gasteiger partial charge in [0.2, 0.25) is 10.0 Å². The van der Waals surface area contributed by atoms with Gasteiger partial charge in [0.15, 0.2) is 0 Å². The van der Waals surface area contributed by atoms with Crippen LogP contribution in [0.5, 0.6) is 0 Å². The number of primary sulfonamides is 1. The largest absolute Gasteiger partial charge is 0.378 e. The van der Waals surface area contributed by atoms with Crippen molar-refractivity contribution in [3.8, 4) is 0 Å². The number of sulfonamides is 1. The Morgan fingerprint density at radius 3 is 2.81 bits per heavy atom. The van der Waals surface area contributed by atoms with E-state index in [2.05, 4.69) is 0 Å². The quantitative estimate of drug-likeness (QED) is 0.714. The first-order valence-electron chi connectivity index (χ1n) is 5.71. The molecule has 0 bridgehead atoms. The molecule has 1 fully saturated rings. The summed E-state index contributed by atoms with van der Waals surface area (Å²) >= 11 is 0. The molecule has 0 amide bonds. The molecule has 0 aromatic carbocycles. The fourth-order valence-corrected chi connectivity index (χ4v) is 2.74. The topological polar surface area (TPSA) is 78.6 Å². The van der Waals surface area contributed by atoms with Crippen molar-refractivity contribution in [1.29, 1.82) is 0 Å². The first-order valence-corrected chi connectivity index (χ1v) is 7.42. The SMILES string of the molecule is CCC(COCC1CCCO1)CS(N)(=O)=O. The number of hydrogen-bond acceptors (Lipinski definition) is 4. The molecule has 96 valence electrons. The van der Waals surface area contributed by atoms with Crippen molar-refractivity contribution in [2.75, 3.05) is 25.6 Å². The zero-order chi connectivity index (χ0) is 12.0. The lowest BCUT2D eigenvalue weighted by molar-refractivity contribution is 0.00710. The Bertz CT molecular complexity index is 285. The normalized spacial score (nSPS) is 23.5. The highest BCUT2D eigenvalue weighted by atomic mass is 32.2. The molecule has 1 aliphatic heterocycles. The van der Waals surface area contributed by atoms with Crippen LogP contribution in [0.4, 0.5) is 0 Å². The zero-order valence-electron chi connectivity index (χ0n) is 9.72. The van der Waals surface area contributed by atoms with Crippen LogP contribution in [0.1, 0.15) is 26.2 Å². The molecule has 1 heterocycles. The van der Waals surface area contributed by atoms with Gasteiger partial charge < -0.3 is 9.47 Å². The molecule has 0 aliphatic carbocycles. The van der Waals surface area contributed by atoms with Crippen molar-refractivity contribution in [3.63, 3.8) is 0 Å². The van der Waals surface area contributed by atoms with E-state index >= 15 is 0 Å². The maximum Gasteiger partial charge on any atom is 0.209 e. The molecule has 1 saturated heterocycles. The van der Waals surface area contributed by atoms with Gasteiger partial charge in [-0.05, 0) is 18.8 Å². The third kappa shape index (κ3) is 5.79. The molecule has 0 spiro atoms. The average molecular weight is 251 g/mol. The second-order valence-corrected chi connectivity index (χ2v) is 5.94. The van der Waals surface area contributed by atoms with Crippen LogP contribution in [0.3, 0.4) is 0 Å². The van der Waals surface area contributed by atoms with Gasteiger partial charge >= 0.3 is 0 Å². The van der Waals surface area contributed by atoms with E-state index in [0.29, 0.717) is 13.2 Å². The van der Waals surface area contributed by atoms with E-state index in [-0.39, 0.29) is 17.8 Å². The highest BCUT2D eigenvalue weighted by molar-refractivity contribution is 7.89. The second kappa shape index (κ2) is 6.54. The van der Waals surface area contributed by atoms with Gasteiger partial charge in [0.1, 0.15) is 0 Å². The fourth-order valence-electron chi connectivity index (χ4n) is 1.75. The van der Waals surface area contributed by atoms with E-state index in [9.17, 15) is 8.42 Å². The summed E-state index contributed by atoms with van der Waals surface area (Å²) in [5, 5.41) is 5.00. The van der Waals surface area contributed by atoms with E-state index in [1.165, 1.54) is 0 Å². The number of rotatable bonds is 7. The van der Waals surface area contributed by atoms with Crippen LogP contribution < -0.4 is 5.14 Å². The third-order valence-electron chi connectivity index (χ3n) is 2.73. The summed E-state index contributed by atoms with van der Waals surface area (Å²) in [6, 6.07) is 0. The van der Waals surface area contributed by atoms with E-state index < -0.39 is 10.0 Å². The molecule has 16 heavy (non-hydrogen) atoms. The van der Waals surface area contributed by atoms with Crippen LogP contribution in [0.15, 0.2) is 0 Å². The molecule has 0 aromatic heterocycles. The smallest absolute Gasteiger partial charge is 0.209 e. The van der Waals surface area contributed by atoms with Crippen molar-refractivity contribution in [1.82, 2.24) is 0 Å². The van der Waals surface area contributed by atoms with Crippen LogP contribution in [0.2, 0.25) is 0 Å². The minimum atomic E-state index is -3.40. The Morgan fingerprint density at radius 2 is 2.31 bits per heavy atom. The lowest BCUT2D eigenvalue weighted by atomic mass is 10.1. The third-order valence-corrected chi connectivity index (χ3v) is 3.66. The molecule has 1 aliphatic rings. The van der Waals surface area contributed by atoms with E-state index in [0.717, 1.165) is 25.9 Å². The first-order chi connectivity index (χ1) is 7.51. The monoisotopic (exact) mass is 251 g/mol.